The molecule has 1 aromatic rings. The molecule has 1 aromatic carbocycles. The van der Waals surface area contributed by atoms with Crippen LogP contribution in [-0.4, -0.2) is 25.7 Å². The fourth-order valence-corrected chi connectivity index (χ4v) is 2.70. The summed E-state index contributed by atoms with van der Waals surface area (Å²) in [6, 6.07) is 6.87. The summed E-state index contributed by atoms with van der Waals surface area (Å²) in [7, 11) is 0. The number of fused-ring (bicyclic) bond motifs is 1. The van der Waals surface area contributed by atoms with Crippen molar-refractivity contribution < 1.29 is 4.74 Å². The molecule has 0 saturated carbocycles. The van der Waals surface area contributed by atoms with Crippen LogP contribution in [0, 0.1) is 0 Å². The Kier molecular flexibility index (Phi) is 3.18. The smallest absolute Gasteiger partial charge is 0.124 e. The lowest BCUT2D eigenvalue weighted by Gasteiger charge is -2.22. The highest BCUT2D eigenvalue weighted by Gasteiger charge is 2.17. The minimum absolute atomic E-state index is 0.544. The van der Waals surface area contributed by atoms with Crippen LogP contribution in [0.2, 0.25) is 0 Å². The third-order valence-electron chi connectivity index (χ3n) is 3.65. The summed E-state index contributed by atoms with van der Waals surface area (Å²) in [6.45, 7) is 3.03. The van der Waals surface area contributed by atoms with E-state index >= 15 is 0 Å². The topological polar surface area (TPSA) is 33.3 Å². The molecule has 92 valence electrons. The van der Waals surface area contributed by atoms with Gasteiger partial charge in [0, 0.05) is 23.8 Å². The molecule has 1 fully saturated rings. The quantitative estimate of drug-likeness (QED) is 0.838. The first-order valence-corrected chi connectivity index (χ1v) is 6.65. The molecule has 3 rings (SSSR count). The summed E-state index contributed by atoms with van der Waals surface area (Å²) < 4.78 is 5.99. The van der Waals surface area contributed by atoms with Gasteiger partial charge < -0.3 is 15.4 Å². The lowest BCUT2D eigenvalue weighted by Crippen LogP contribution is -2.28. The molecule has 0 aliphatic carbocycles. The molecule has 2 aliphatic rings. The minimum Gasteiger partial charge on any atom is -0.492 e. The van der Waals surface area contributed by atoms with E-state index in [2.05, 4.69) is 28.8 Å². The molecule has 0 spiro atoms. The van der Waals surface area contributed by atoms with E-state index in [1.165, 1.54) is 30.5 Å². The third kappa shape index (κ3) is 2.39. The number of nitrogens with one attached hydrogen (secondary N) is 2. The first kappa shape index (κ1) is 10.9. The van der Waals surface area contributed by atoms with Gasteiger partial charge in [-0.05, 0) is 44.4 Å². The van der Waals surface area contributed by atoms with Gasteiger partial charge in [-0.15, -0.1) is 0 Å². The van der Waals surface area contributed by atoms with E-state index < -0.39 is 0 Å². The molecule has 3 nitrogen and oxygen atoms in total. The lowest BCUT2D eigenvalue weighted by molar-refractivity contribution is 0.274. The maximum atomic E-state index is 5.99. The molecule has 17 heavy (non-hydrogen) atoms. The number of rotatable bonds is 3. The summed E-state index contributed by atoms with van der Waals surface area (Å²) in [5, 5.41) is 6.90. The van der Waals surface area contributed by atoms with Gasteiger partial charge in [0.2, 0.25) is 0 Å². The number of hydrogen-bond acceptors (Lipinski definition) is 3. The van der Waals surface area contributed by atoms with Gasteiger partial charge in [-0.3, -0.25) is 0 Å². The highest BCUT2D eigenvalue weighted by atomic mass is 16.5. The van der Waals surface area contributed by atoms with Crippen molar-refractivity contribution in [2.45, 2.75) is 31.7 Å². The largest absolute Gasteiger partial charge is 0.492 e. The predicted octanol–water partition coefficient (Wildman–Crippen LogP) is 2.18. The molecule has 2 N–H and O–H groups in total. The Morgan fingerprint density at radius 1 is 1.24 bits per heavy atom. The van der Waals surface area contributed by atoms with Gasteiger partial charge in [0.25, 0.3) is 0 Å². The Morgan fingerprint density at radius 3 is 3.12 bits per heavy atom. The van der Waals surface area contributed by atoms with Gasteiger partial charge in [0.05, 0.1) is 0 Å². The van der Waals surface area contributed by atoms with Gasteiger partial charge in [-0.1, -0.05) is 6.07 Å². The monoisotopic (exact) mass is 232 g/mol. The lowest BCUT2D eigenvalue weighted by atomic mass is 10.0. The number of anilines is 1. The van der Waals surface area contributed by atoms with Crippen LogP contribution >= 0.6 is 0 Å². The SMILES string of the molecule is c1cc2c(c(OCC3CCCN3)c1)CCCN2. The molecule has 0 bridgehead atoms. The van der Waals surface area contributed by atoms with Crippen LogP contribution in [0.3, 0.4) is 0 Å². The van der Waals surface area contributed by atoms with E-state index in [1.54, 1.807) is 0 Å². The van der Waals surface area contributed by atoms with E-state index in [0.717, 1.165) is 31.9 Å². The highest BCUT2D eigenvalue weighted by molar-refractivity contribution is 5.59. The van der Waals surface area contributed by atoms with Crippen molar-refractivity contribution in [2.24, 2.45) is 0 Å². The second-order valence-electron chi connectivity index (χ2n) is 4.92. The van der Waals surface area contributed by atoms with E-state index in [1.807, 2.05) is 0 Å². The first-order chi connectivity index (χ1) is 8.43. The molecule has 0 aromatic heterocycles. The summed E-state index contributed by atoms with van der Waals surface area (Å²) in [4.78, 5) is 0. The zero-order chi connectivity index (χ0) is 11.5. The Bertz CT molecular complexity index is 386. The van der Waals surface area contributed by atoms with Crippen LogP contribution in [0.1, 0.15) is 24.8 Å². The van der Waals surface area contributed by atoms with Gasteiger partial charge in [-0.2, -0.15) is 0 Å². The third-order valence-corrected chi connectivity index (χ3v) is 3.65. The molecule has 2 aliphatic heterocycles. The molecule has 0 amide bonds. The average Bonchev–Trinajstić information content (AvgIpc) is 2.89. The van der Waals surface area contributed by atoms with E-state index in [9.17, 15) is 0 Å². The van der Waals surface area contributed by atoms with Crippen LogP contribution in [-0.2, 0) is 6.42 Å². The summed E-state index contributed by atoms with van der Waals surface area (Å²) in [6.07, 6.45) is 4.86. The molecule has 1 saturated heterocycles. The van der Waals surface area contributed by atoms with Crippen LogP contribution in [0.15, 0.2) is 18.2 Å². The van der Waals surface area contributed by atoms with Crippen LogP contribution in [0.4, 0.5) is 5.69 Å². The van der Waals surface area contributed by atoms with Crippen molar-refractivity contribution in [3.05, 3.63) is 23.8 Å². The molecule has 1 atom stereocenters. The zero-order valence-electron chi connectivity index (χ0n) is 10.2. The Balaban J connectivity index is 1.69. The van der Waals surface area contributed by atoms with Crippen molar-refractivity contribution in [2.75, 3.05) is 25.0 Å². The Morgan fingerprint density at radius 2 is 2.24 bits per heavy atom. The molecular formula is C14H20N2O. The molecule has 3 heteroatoms. The molecule has 0 radical (unpaired) electrons. The van der Waals surface area contributed by atoms with E-state index in [4.69, 9.17) is 4.74 Å². The van der Waals surface area contributed by atoms with Crippen LogP contribution in [0.5, 0.6) is 5.75 Å². The van der Waals surface area contributed by atoms with Gasteiger partial charge >= 0.3 is 0 Å². The minimum atomic E-state index is 0.544. The van der Waals surface area contributed by atoms with Gasteiger partial charge in [0.15, 0.2) is 0 Å². The van der Waals surface area contributed by atoms with Crippen molar-refractivity contribution in [1.29, 1.82) is 0 Å². The van der Waals surface area contributed by atoms with Crippen molar-refractivity contribution in [1.82, 2.24) is 5.32 Å². The maximum absolute atomic E-state index is 5.99. The highest BCUT2D eigenvalue weighted by Crippen LogP contribution is 2.30. The Hall–Kier alpha value is -1.22. The van der Waals surface area contributed by atoms with Crippen molar-refractivity contribution in [3.63, 3.8) is 0 Å². The van der Waals surface area contributed by atoms with E-state index in [0.29, 0.717) is 6.04 Å². The van der Waals surface area contributed by atoms with Crippen molar-refractivity contribution >= 4 is 5.69 Å². The number of ether oxygens (including phenoxy) is 1. The normalized spacial score (nSPS) is 22.9. The fraction of sp³-hybridized carbons (Fsp3) is 0.571. The predicted molar refractivity (Wildman–Crippen MR) is 69.8 cm³/mol. The van der Waals surface area contributed by atoms with Gasteiger partial charge in [0.1, 0.15) is 12.4 Å². The average molecular weight is 232 g/mol. The van der Waals surface area contributed by atoms with Crippen LogP contribution in [0.25, 0.3) is 0 Å². The van der Waals surface area contributed by atoms with E-state index in [-0.39, 0.29) is 0 Å². The molecule has 2 heterocycles. The fourth-order valence-electron chi connectivity index (χ4n) is 2.70. The second kappa shape index (κ2) is 4.96. The number of benzene rings is 1. The maximum Gasteiger partial charge on any atom is 0.124 e. The molecular weight excluding hydrogens is 212 g/mol. The van der Waals surface area contributed by atoms with Crippen LogP contribution < -0.4 is 15.4 Å². The van der Waals surface area contributed by atoms with Crippen molar-refractivity contribution in [3.8, 4) is 5.75 Å². The second-order valence-corrected chi connectivity index (χ2v) is 4.92. The zero-order valence-corrected chi connectivity index (χ0v) is 10.2. The standard InChI is InChI=1S/C14H20N2O/c1-6-13-12(5-3-9-16-13)14(7-1)17-10-11-4-2-8-15-11/h1,6-7,11,15-16H,2-5,8-10H2. The number of hydrogen-bond donors (Lipinski definition) is 2. The first-order valence-electron chi connectivity index (χ1n) is 6.65. The summed E-state index contributed by atoms with van der Waals surface area (Å²) >= 11 is 0. The molecule has 1 unspecified atom stereocenters. The summed E-state index contributed by atoms with van der Waals surface area (Å²) in [5.41, 5.74) is 2.62. The Labute approximate surface area is 103 Å². The van der Waals surface area contributed by atoms with Gasteiger partial charge in [-0.25, -0.2) is 0 Å². The summed E-state index contributed by atoms with van der Waals surface area (Å²) in [5.74, 6) is 1.07.